The summed E-state index contributed by atoms with van der Waals surface area (Å²) >= 11 is 1.44. The Labute approximate surface area is 63.8 Å². The molecule has 0 saturated heterocycles. The number of hydrogen-bond acceptors (Lipinski definition) is 0. The molecule has 0 spiro atoms. The van der Waals surface area contributed by atoms with Crippen LogP contribution in [0.25, 0.3) is 0 Å². The molecule has 32 valence electrons. The van der Waals surface area contributed by atoms with E-state index in [0.29, 0.717) is 0 Å². The third kappa shape index (κ3) is 56.3. The average Bonchev–Trinajstić information content (AvgIpc) is 0.722. The van der Waals surface area contributed by atoms with Crippen LogP contribution in [0.4, 0.5) is 12.9 Å². The molecule has 0 amide bonds. The average molecular weight is 171 g/mol. The van der Waals surface area contributed by atoms with Gasteiger partial charge < -0.3 is 12.9 Å². The summed E-state index contributed by atoms with van der Waals surface area (Å²) < 4.78 is 31.0. The molecular weight excluding hydrogens is 171 g/mol. The second kappa shape index (κ2) is 3.35. The van der Waals surface area contributed by atoms with E-state index in [1.54, 1.807) is 0 Å². The Kier molecular flexibility index (Phi) is 5.78. The van der Waals surface area contributed by atoms with Crippen molar-refractivity contribution in [3.8, 4) is 0 Å². The SMILES string of the molecule is F[B-](F)(F)Br.[Na+]. The van der Waals surface area contributed by atoms with Gasteiger partial charge in [-0.1, -0.05) is 0 Å². The van der Waals surface area contributed by atoms with Gasteiger partial charge in [-0.15, -0.1) is 0 Å². The first-order valence-corrected chi connectivity index (χ1v) is 1.79. The fourth-order valence-corrected chi connectivity index (χ4v) is 0. The van der Waals surface area contributed by atoms with Crippen LogP contribution in [-0.2, 0) is 0 Å². The fraction of sp³-hybridized carbons (Fsp3) is 0. The molecule has 0 heterocycles. The standard InChI is InChI=1S/BBrF3.Na/c2-1(3,4)5;/q-1;+1. The molecule has 0 unspecified atom stereocenters. The molecule has 0 saturated carbocycles. The van der Waals surface area contributed by atoms with E-state index >= 15 is 0 Å². The minimum Gasteiger partial charge on any atom is -0.439 e. The third-order valence-electron chi connectivity index (χ3n) is 0. The largest absolute Gasteiger partial charge is 1.00 e. The van der Waals surface area contributed by atoms with Gasteiger partial charge in [0.05, 0.1) is 0 Å². The third-order valence-corrected chi connectivity index (χ3v) is 0. The van der Waals surface area contributed by atoms with Gasteiger partial charge in [-0.3, -0.25) is 0 Å². The van der Waals surface area contributed by atoms with Crippen molar-refractivity contribution >= 4 is 21.6 Å². The van der Waals surface area contributed by atoms with Crippen molar-refractivity contribution in [3.05, 3.63) is 0 Å². The molecule has 0 aromatic heterocycles. The first-order valence-electron chi connectivity index (χ1n) is 0.873. The Morgan fingerprint density at radius 3 is 1.17 bits per heavy atom. The van der Waals surface area contributed by atoms with Crippen molar-refractivity contribution in [1.82, 2.24) is 0 Å². The zero-order valence-electron chi connectivity index (χ0n) is 3.09. The van der Waals surface area contributed by atoms with Crippen LogP contribution in [0.15, 0.2) is 0 Å². The van der Waals surface area contributed by atoms with E-state index in [1.165, 1.54) is 15.8 Å². The molecule has 0 atom stereocenters. The van der Waals surface area contributed by atoms with Gasteiger partial charge in [0.2, 0.25) is 0 Å². The van der Waals surface area contributed by atoms with E-state index in [4.69, 9.17) is 0 Å². The van der Waals surface area contributed by atoms with Crippen molar-refractivity contribution in [2.45, 2.75) is 0 Å². The van der Waals surface area contributed by atoms with Crippen LogP contribution in [0.1, 0.15) is 0 Å². The molecule has 6 heavy (non-hydrogen) atoms. The Bertz CT molecular complexity index is 26.3. The maximum Gasteiger partial charge on any atom is 1.00 e. The first kappa shape index (κ1) is 10.3. The predicted molar refractivity (Wildman–Crippen MR) is 18.0 cm³/mol. The van der Waals surface area contributed by atoms with Crippen molar-refractivity contribution in [1.29, 1.82) is 0 Å². The van der Waals surface area contributed by atoms with Gasteiger partial charge in [-0.25, -0.2) is 15.8 Å². The maximum absolute atomic E-state index is 10.3. The molecule has 0 aliphatic heterocycles. The van der Waals surface area contributed by atoms with Crippen LogP contribution in [0.3, 0.4) is 0 Å². The van der Waals surface area contributed by atoms with Crippen molar-refractivity contribution in [2.24, 2.45) is 0 Å². The monoisotopic (exact) mass is 170 g/mol. The molecule has 0 aromatic rings. The Morgan fingerprint density at radius 2 is 1.17 bits per heavy atom. The van der Waals surface area contributed by atoms with Gasteiger partial charge >= 0.3 is 35.4 Å². The van der Waals surface area contributed by atoms with Crippen LogP contribution in [0.5, 0.6) is 0 Å². The summed E-state index contributed by atoms with van der Waals surface area (Å²) in [6, 6.07) is 0. The summed E-state index contributed by atoms with van der Waals surface area (Å²) in [7, 11) is 0. The van der Waals surface area contributed by atoms with Gasteiger partial charge in [-0.05, 0) is 0 Å². The molecule has 0 aliphatic rings. The summed E-state index contributed by atoms with van der Waals surface area (Å²) in [5, 5.41) is 0. The normalized spacial score (nSPS) is 10.0. The number of rotatable bonds is 0. The summed E-state index contributed by atoms with van der Waals surface area (Å²) in [5.74, 6) is -4.69. The summed E-state index contributed by atoms with van der Waals surface area (Å²) in [6.45, 7) is 0. The molecule has 0 fully saturated rings. The second-order valence-corrected chi connectivity index (χ2v) is 1.53. The second-order valence-electron chi connectivity index (χ2n) is 0.495. The number of halogens is 4. The molecule has 0 N–H and O–H groups in total. The summed E-state index contributed by atoms with van der Waals surface area (Å²) in [4.78, 5) is 0. The quantitative estimate of drug-likeness (QED) is 0.398. The maximum atomic E-state index is 10.3. The van der Waals surface area contributed by atoms with Crippen LogP contribution in [0, 0.1) is 0 Å². The Balaban J connectivity index is 0. The predicted octanol–water partition coefficient (Wildman–Crippen LogP) is -1.27. The van der Waals surface area contributed by atoms with Crippen LogP contribution >= 0.6 is 15.8 Å². The van der Waals surface area contributed by atoms with Gasteiger partial charge in [-0.2, -0.15) is 0 Å². The summed E-state index contributed by atoms with van der Waals surface area (Å²) in [5.41, 5.74) is 0. The molecule has 0 rings (SSSR count). The minimum absolute atomic E-state index is 0. The molecule has 0 nitrogen and oxygen atoms in total. The van der Waals surface area contributed by atoms with E-state index in [0.717, 1.165) is 0 Å². The van der Waals surface area contributed by atoms with E-state index < -0.39 is 5.80 Å². The molecular formula is BBrF3Na. The van der Waals surface area contributed by atoms with Gasteiger partial charge in [0.15, 0.2) is 0 Å². The van der Waals surface area contributed by atoms with Crippen LogP contribution < -0.4 is 29.6 Å². The van der Waals surface area contributed by atoms with Gasteiger partial charge in [0, 0.05) is 0 Å². The van der Waals surface area contributed by atoms with E-state index in [1.807, 2.05) is 0 Å². The van der Waals surface area contributed by atoms with Gasteiger partial charge in [0.25, 0.3) is 0 Å². The molecule has 0 bridgehead atoms. The van der Waals surface area contributed by atoms with Crippen LogP contribution in [0.2, 0.25) is 0 Å². The first-order chi connectivity index (χ1) is 2.00. The molecule has 0 aliphatic carbocycles. The van der Waals surface area contributed by atoms with Crippen molar-refractivity contribution < 1.29 is 42.5 Å². The minimum atomic E-state index is -4.69. The van der Waals surface area contributed by atoms with E-state index in [-0.39, 0.29) is 29.6 Å². The van der Waals surface area contributed by atoms with Crippen LogP contribution in [-0.4, -0.2) is 5.80 Å². The smallest absolute Gasteiger partial charge is 0.439 e. The topological polar surface area (TPSA) is 0 Å². The Hall–Kier alpha value is 1.33. The fourth-order valence-electron chi connectivity index (χ4n) is 0. The van der Waals surface area contributed by atoms with Crippen molar-refractivity contribution in [3.63, 3.8) is 0 Å². The number of hydrogen-bond donors (Lipinski definition) is 0. The van der Waals surface area contributed by atoms with Crippen molar-refractivity contribution in [2.75, 3.05) is 0 Å². The van der Waals surface area contributed by atoms with E-state index in [2.05, 4.69) is 0 Å². The molecule has 6 heteroatoms. The molecule has 0 aromatic carbocycles. The van der Waals surface area contributed by atoms with E-state index in [9.17, 15) is 12.9 Å². The zero-order valence-corrected chi connectivity index (χ0v) is 6.68. The van der Waals surface area contributed by atoms with Gasteiger partial charge in [0.1, 0.15) is 0 Å². The zero-order chi connectivity index (χ0) is 4.50. The molecule has 0 radical (unpaired) electrons. The summed E-state index contributed by atoms with van der Waals surface area (Å²) in [6.07, 6.45) is 0. The Morgan fingerprint density at radius 1 is 1.17 bits per heavy atom.